The molecule has 1 aromatic carbocycles. The molecule has 0 amide bonds. The fourth-order valence-electron chi connectivity index (χ4n) is 3.63. The normalized spacial score (nSPS) is 20.6. The van der Waals surface area contributed by atoms with E-state index in [2.05, 4.69) is 22.9 Å². The second kappa shape index (κ2) is 8.36. The van der Waals surface area contributed by atoms with E-state index in [9.17, 15) is 10.1 Å². The number of anilines is 1. The van der Waals surface area contributed by atoms with Gasteiger partial charge in [0, 0.05) is 31.9 Å². The molecule has 7 heteroatoms. The summed E-state index contributed by atoms with van der Waals surface area (Å²) in [5.74, 6) is -0.697. The minimum Gasteiger partial charge on any atom is -0.463 e. The average molecular weight is 382 g/mol. The van der Waals surface area contributed by atoms with Crippen LogP contribution in [0.4, 0.5) is 5.69 Å². The predicted octanol–water partition coefficient (Wildman–Crippen LogP) is 2.08. The number of likely N-dealkylation sites (N-methyl/N-ethyl adjacent to an activating group) is 1. The van der Waals surface area contributed by atoms with Gasteiger partial charge in [-0.1, -0.05) is 12.1 Å². The largest absolute Gasteiger partial charge is 0.463 e. The summed E-state index contributed by atoms with van der Waals surface area (Å²) >= 11 is 0. The van der Waals surface area contributed by atoms with Crippen molar-refractivity contribution in [3.8, 4) is 6.07 Å². The number of nitrogens with zero attached hydrogens (tertiary/aromatic N) is 3. The molecular weight excluding hydrogens is 356 g/mol. The molecule has 0 saturated carbocycles. The molecule has 1 aromatic rings. The lowest BCUT2D eigenvalue weighted by Crippen LogP contribution is -2.44. The summed E-state index contributed by atoms with van der Waals surface area (Å²) in [6, 6.07) is 10.0. The molecule has 0 radical (unpaired) electrons. The van der Waals surface area contributed by atoms with Crippen molar-refractivity contribution in [1.29, 1.82) is 5.26 Å². The van der Waals surface area contributed by atoms with Crippen LogP contribution in [0.15, 0.2) is 47.1 Å². The van der Waals surface area contributed by atoms with Crippen LogP contribution in [0.2, 0.25) is 0 Å². The van der Waals surface area contributed by atoms with Crippen molar-refractivity contribution in [2.45, 2.75) is 19.8 Å². The van der Waals surface area contributed by atoms with Gasteiger partial charge in [0.25, 0.3) is 0 Å². The molecule has 1 atom stereocenters. The number of esters is 1. The molecular formula is C21H26N4O3. The topological polar surface area (TPSA) is 91.8 Å². The predicted molar refractivity (Wildman–Crippen MR) is 106 cm³/mol. The average Bonchev–Trinajstić information content (AvgIpc) is 2.68. The third-order valence-corrected chi connectivity index (χ3v) is 5.20. The van der Waals surface area contributed by atoms with Crippen molar-refractivity contribution in [3.05, 3.63) is 52.6 Å². The SMILES string of the molecule is CCOC(=O)C1=C(C)OC(N)=C(C#N)C1c1ccc(N2CCN(C)CC2)cc1. The lowest BCUT2D eigenvalue weighted by atomic mass is 9.83. The van der Waals surface area contributed by atoms with Crippen LogP contribution in [-0.2, 0) is 14.3 Å². The third kappa shape index (κ3) is 3.82. The van der Waals surface area contributed by atoms with Crippen molar-refractivity contribution in [3.63, 3.8) is 0 Å². The maximum absolute atomic E-state index is 12.6. The first kappa shape index (κ1) is 19.8. The first-order valence-electron chi connectivity index (χ1n) is 9.45. The highest BCUT2D eigenvalue weighted by Crippen LogP contribution is 2.40. The molecule has 0 aliphatic carbocycles. The van der Waals surface area contributed by atoms with E-state index in [4.69, 9.17) is 15.2 Å². The van der Waals surface area contributed by atoms with Crippen LogP contribution >= 0.6 is 0 Å². The van der Waals surface area contributed by atoms with Gasteiger partial charge in [-0.25, -0.2) is 4.79 Å². The van der Waals surface area contributed by atoms with E-state index < -0.39 is 11.9 Å². The van der Waals surface area contributed by atoms with Gasteiger partial charge in [0.15, 0.2) is 0 Å². The summed E-state index contributed by atoms with van der Waals surface area (Å²) in [6.45, 7) is 7.63. The van der Waals surface area contributed by atoms with Crippen LogP contribution in [-0.4, -0.2) is 50.7 Å². The monoisotopic (exact) mass is 382 g/mol. The second-order valence-corrected chi connectivity index (χ2v) is 7.00. The number of hydrogen-bond acceptors (Lipinski definition) is 7. The molecule has 3 rings (SSSR count). The molecule has 7 nitrogen and oxygen atoms in total. The maximum Gasteiger partial charge on any atom is 0.338 e. The number of piperazine rings is 1. The van der Waals surface area contributed by atoms with Crippen LogP contribution < -0.4 is 10.6 Å². The van der Waals surface area contributed by atoms with E-state index in [-0.39, 0.29) is 18.1 Å². The number of carbonyl (C=O) groups excluding carboxylic acids is 1. The van der Waals surface area contributed by atoms with E-state index in [0.29, 0.717) is 11.3 Å². The molecule has 2 aliphatic heterocycles. The van der Waals surface area contributed by atoms with Gasteiger partial charge < -0.3 is 25.0 Å². The molecule has 148 valence electrons. The molecule has 1 fully saturated rings. The number of ether oxygens (including phenoxy) is 2. The summed E-state index contributed by atoms with van der Waals surface area (Å²) in [7, 11) is 2.12. The second-order valence-electron chi connectivity index (χ2n) is 7.00. The number of nitrogens with two attached hydrogens (primary N) is 1. The molecule has 28 heavy (non-hydrogen) atoms. The number of allylic oxidation sites excluding steroid dienone is 2. The van der Waals surface area contributed by atoms with Gasteiger partial charge in [-0.05, 0) is 38.6 Å². The summed E-state index contributed by atoms with van der Waals surface area (Å²) in [6.07, 6.45) is 0. The summed E-state index contributed by atoms with van der Waals surface area (Å²) in [4.78, 5) is 17.2. The Morgan fingerprint density at radius 1 is 1.29 bits per heavy atom. The quantitative estimate of drug-likeness (QED) is 0.797. The third-order valence-electron chi connectivity index (χ3n) is 5.20. The summed E-state index contributed by atoms with van der Waals surface area (Å²) in [5, 5.41) is 9.64. The zero-order valence-electron chi connectivity index (χ0n) is 16.6. The molecule has 2 heterocycles. The maximum atomic E-state index is 12.6. The first-order valence-corrected chi connectivity index (χ1v) is 9.45. The van der Waals surface area contributed by atoms with Gasteiger partial charge in [-0.2, -0.15) is 5.26 Å². The molecule has 0 spiro atoms. The zero-order chi connectivity index (χ0) is 20.3. The minimum atomic E-state index is -0.598. The van der Waals surface area contributed by atoms with E-state index in [1.807, 2.05) is 24.3 Å². The Hall–Kier alpha value is -2.98. The molecule has 0 aromatic heterocycles. The number of carbonyl (C=O) groups is 1. The minimum absolute atomic E-state index is 0.0289. The molecule has 0 bridgehead atoms. The van der Waals surface area contributed by atoms with Gasteiger partial charge in [-0.3, -0.25) is 0 Å². The smallest absolute Gasteiger partial charge is 0.338 e. The van der Waals surface area contributed by atoms with Gasteiger partial charge in [0.05, 0.1) is 18.1 Å². The van der Waals surface area contributed by atoms with Crippen LogP contribution in [0.1, 0.15) is 25.3 Å². The number of nitriles is 1. The van der Waals surface area contributed by atoms with Crippen LogP contribution in [0.3, 0.4) is 0 Å². The fraction of sp³-hybridized carbons (Fsp3) is 0.429. The van der Waals surface area contributed by atoms with Crippen molar-refractivity contribution >= 4 is 11.7 Å². The molecule has 1 saturated heterocycles. The fourth-order valence-corrected chi connectivity index (χ4v) is 3.63. The van der Waals surface area contributed by atoms with Crippen LogP contribution in [0, 0.1) is 11.3 Å². The van der Waals surface area contributed by atoms with Gasteiger partial charge in [-0.15, -0.1) is 0 Å². The van der Waals surface area contributed by atoms with Crippen molar-refractivity contribution < 1.29 is 14.3 Å². The standard InChI is InChI=1S/C21H26N4O3/c1-4-27-21(26)18-14(2)28-20(23)17(13-22)19(18)15-5-7-16(8-6-15)25-11-9-24(3)10-12-25/h5-8,19H,4,9-12,23H2,1-3H3. The number of benzene rings is 1. The highest BCUT2D eigenvalue weighted by Gasteiger charge is 2.36. The molecule has 1 unspecified atom stereocenters. The van der Waals surface area contributed by atoms with Crippen molar-refractivity contribution in [2.75, 3.05) is 44.7 Å². The van der Waals surface area contributed by atoms with E-state index in [0.717, 1.165) is 37.4 Å². The summed E-state index contributed by atoms with van der Waals surface area (Å²) in [5.41, 5.74) is 8.41. The van der Waals surface area contributed by atoms with Gasteiger partial charge in [0.1, 0.15) is 17.4 Å². The van der Waals surface area contributed by atoms with E-state index in [1.165, 1.54) is 0 Å². The Kier molecular flexibility index (Phi) is 5.90. The Balaban J connectivity index is 1.94. The highest BCUT2D eigenvalue weighted by atomic mass is 16.5. The summed E-state index contributed by atoms with van der Waals surface area (Å²) < 4.78 is 10.6. The molecule has 2 N–H and O–H groups in total. The lowest BCUT2D eigenvalue weighted by Gasteiger charge is -2.34. The Morgan fingerprint density at radius 3 is 2.50 bits per heavy atom. The Morgan fingerprint density at radius 2 is 1.93 bits per heavy atom. The zero-order valence-corrected chi connectivity index (χ0v) is 16.6. The van der Waals surface area contributed by atoms with Crippen LogP contribution in [0.25, 0.3) is 0 Å². The number of rotatable bonds is 4. The van der Waals surface area contributed by atoms with Crippen molar-refractivity contribution in [2.24, 2.45) is 5.73 Å². The van der Waals surface area contributed by atoms with Gasteiger partial charge in [0.2, 0.25) is 5.88 Å². The first-order chi connectivity index (χ1) is 13.5. The van der Waals surface area contributed by atoms with Crippen LogP contribution in [0.5, 0.6) is 0 Å². The van der Waals surface area contributed by atoms with E-state index >= 15 is 0 Å². The molecule has 2 aliphatic rings. The Labute approximate surface area is 165 Å². The van der Waals surface area contributed by atoms with Crippen molar-refractivity contribution in [1.82, 2.24) is 4.90 Å². The Bertz CT molecular complexity index is 843. The van der Waals surface area contributed by atoms with E-state index in [1.54, 1.807) is 13.8 Å². The highest BCUT2D eigenvalue weighted by molar-refractivity contribution is 5.92. The lowest BCUT2D eigenvalue weighted by molar-refractivity contribution is -0.139. The number of hydrogen-bond donors (Lipinski definition) is 1. The van der Waals surface area contributed by atoms with Gasteiger partial charge >= 0.3 is 5.97 Å².